The molecule has 1 aliphatic heterocycles. The minimum Gasteiger partial charge on any atom is -0.370 e. The van der Waals surface area contributed by atoms with Gasteiger partial charge in [0.2, 0.25) is 0 Å². The van der Waals surface area contributed by atoms with Crippen molar-refractivity contribution in [1.29, 1.82) is 0 Å². The molecule has 5 nitrogen and oxygen atoms in total. The molecule has 0 unspecified atom stereocenters. The standard InChI is InChI=1S/C15H23N3O2/c1-12-5-8-17(9-6-12)14-10-15(20)18(16-11-14)7-3-4-13(2)19/h10-12H,3-9H2,1-2H3. The van der Waals surface area contributed by atoms with Crippen molar-refractivity contribution in [2.24, 2.45) is 5.92 Å². The van der Waals surface area contributed by atoms with Crippen molar-refractivity contribution in [2.75, 3.05) is 18.0 Å². The van der Waals surface area contributed by atoms with E-state index in [2.05, 4.69) is 16.9 Å². The van der Waals surface area contributed by atoms with E-state index in [-0.39, 0.29) is 11.3 Å². The minimum absolute atomic E-state index is 0.0790. The summed E-state index contributed by atoms with van der Waals surface area (Å²) in [5.41, 5.74) is 0.842. The number of anilines is 1. The average molecular weight is 277 g/mol. The predicted molar refractivity (Wildman–Crippen MR) is 79.0 cm³/mol. The Morgan fingerprint density at radius 3 is 2.70 bits per heavy atom. The normalized spacial score (nSPS) is 16.4. The van der Waals surface area contributed by atoms with Crippen LogP contribution in [0.15, 0.2) is 17.1 Å². The maximum Gasteiger partial charge on any atom is 0.268 e. The topological polar surface area (TPSA) is 55.2 Å². The first kappa shape index (κ1) is 14.8. The molecule has 0 bridgehead atoms. The van der Waals surface area contributed by atoms with Gasteiger partial charge in [0.25, 0.3) is 5.56 Å². The first-order chi connectivity index (χ1) is 9.56. The minimum atomic E-state index is -0.0790. The SMILES string of the molecule is CC(=O)CCCn1ncc(N2CCC(C)CC2)cc1=O. The Morgan fingerprint density at radius 1 is 1.40 bits per heavy atom. The van der Waals surface area contributed by atoms with Crippen LogP contribution in [-0.4, -0.2) is 28.7 Å². The van der Waals surface area contributed by atoms with Crippen LogP contribution in [0, 0.1) is 5.92 Å². The molecule has 2 rings (SSSR count). The number of Topliss-reactive ketones (excluding diaryl/α,β-unsaturated/α-hetero) is 1. The summed E-state index contributed by atoms with van der Waals surface area (Å²) in [5.74, 6) is 0.920. The highest BCUT2D eigenvalue weighted by atomic mass is 16.1. The summed E-state index contributed by atoms with van der Waals surface area (Å²) in [6.07, 6.45) is 5.28. The molecule has 2 heterocycles. The van der Waals surface area contributed by atoms with Gasteiger partial charge in [-0.3, -0.25) is 4.79 Å². The summed E-state index contributed by atoms with van der Waals surface area (Å²) < 4.78 is 1.44. The van der Waals surface area contributed by atoms with Gasteiger partial charge in [-0.05, 0) is 32.1 Å². The van der Waals surface area contributed by atoms with Crippen LogP contribution >= 0.6 is 0 Å². The Balaban J connectivity index is 1.98. The van der Waals surface area contributed by atoms with Gasteiger partial charge >= 0.3 is 0 Å². The molecule has 0 aromatic carbocycles. The number of rotatable bonds is 5. The third-order valence-electron chi connectivity index (χ3n) is 3.90. The molecule has 0 spiro atoms. The maximum absolute atomic E-state index is 12.0. The number of piperidine rings is 1. The quantitative estimate of drug-likeness (QED) is 0.824. The average Bonchev–Trinajstić information content (AvgIpc) is 2.41. The van der Waals surface area contributed by atoms with Crippen molar-refractivity contribution < 1.29 is 4.79 Å². The summed E-state index contributed by atoms with van der Waals surface area (Å²) in [6, 6.07) is 1.66. The largest absolute Gasteiger partial charge is 0.370 e. The van der Waals surface area contributed by atoms with E-state index in [0.717, 1.165) is 24.7 Å². The van der Waals surface area contributed by atoms with Crippen LogP contribution in [0.5, 0.6) is 0 Å². The maximum atomic E-state index is 12.0. The number of carbonyl (C=O) groups excluding carboxylic acids is 1. The molecule has 1 aliphatic rings. The summed E-state index contributed by atoms with van der Waals surface area (Å²) in [7, 11) is 0. The van der Waals surface area contributed by atoms with Gasteiger partial charge in [0.05, 0.1) is 11.9 Å². The lowest BCUT2D eigenvalue weighted by Gasteiger charge is -2.31. The molecular formula is C15H23N3O2. The van der Waals surface area contributed by atoms with Crippen molar-refractivity contribution in [3.63, 3.8) is 0 Å². The Labute approximate surface area is 119 Å². The first-order valence-corrected chi connectivity index (χ1v) is 7.38. The molecule has 0 radical (unpaired) electrons. The van der Waals surface area contributed by atoms with E-state index < -0.39 is 0 Å². The van der Waals surface area contributed by atoms with E-state index in [0.29, 0.717) is 19.4 Å². The van der Waals surface area contributed by atoms with Crippen LogP contribution < -0.4 is 10.5 Å². The number of nitrogens with zero attached hydrogens (tertiary/aromatic N) is 3. The zero-order chi connectivity index (χ0) is 14.5. The molecule has 1 aromatic rings. The van der Waals surface area contributed by atoms with Crippen molar-refractivity contribution >= 4 is 11.5 Å². The number of aromatic nitrogens is 2. The lowest BCUT2D eigenvalue weighted by atomic mass is 9.99. The van der Waals surface area contributed by atoms with E-state index in [9.17, 15) is 9.59 Å². The highest BCUT2D eigenvalue weighted by Crippen LogP contribution is 2.20. The third kappa shape index (κ3) is 3.92. The van der Waals surface area contributed by atoms with Gasteiger partial charge in [-0.15, -0.1) is 0 Å². The molecule has 0 saturated carbocycles. The summed E-state index contributed by atoms with van der Waals surface area (Å²) in [4.78, 5) is 25.1. The molecule has 0 N–H and O–H groups in total. The van der Waals surface area contributed by atoms with Gasteiger partial charge in [-0.1, -0.05) is 6.92 Å². The van der Waals surface area contributed by atoms with Crippen LogP contribution in [-0.2, 0) is 11.3 Å². The van der Waals surface area contributed by atoms with Gasteiger partial charge in [-0.2, -0.15) is 5.10 Å². The van der Waals surface area contributed by atoms with Gasteiger partial charge in [0.1, 0.15) is 5.78 Å². The fraction of sp³-hybridized carbons (Fsp3) is 0.667. The molecule has 0 aliphatic carbocycles. The fourth-order valence-electron chi connectivity index (χ4n) is 2.51. The molecule has 1 fully saturated rings. The van der Waals surface area contributed by atoms with Gasteiger partial charge in [-0.25, -0.2) is 4.68 Å². The molecule has 20 heavy (non-hydrogen) atoms. The monoisotopic (exact) mass is 277 g/mol. The number of hydrogen-bond donors (Lipinski definition) is 0. The Bertz CT molecular complexity index is 516. The highest BCUT2D eigenvalue weighted by molar-refractivity contribution is 5.75. The van der Waals surface area contributed by atoms with Crippen LogP contribution in [0.1, 0.15) is 39.5 Å². The van der Waals surface area contributed by atoms with Crippen LogP contribution in [0.2, 0.25) is 0 Å². The summed E-state index contributed by atoms with van der Waals surface area (Å²) in [6.45, 7) is 6.34. The molecule has 110 valence electrons. The van der Waals surface area contributed by atoms with Crippen molar-refractivity contribution in [3.8, 4) is 0 Å². The zero-order valence-electron chi connectivity index (χ0n) is 12.3. The van der Waals surface area contributed by atoms with E-state index in [1.807, 2.05) is 0 Å². The Hall–Kier alpha value is -1.65. The molecule has 1 aromatic heterocycles. The smallest absolute Gasteiger partial charge is 0.268 e. The third-order valence-corrected chi connectivity index (χ3v) is 3.90. The molecule has 5 heteroatoms. The number of aryl methyl sites for hydroxylation is 1. The number of hydrogen-bond acceptors (Lipinski definition) is 4. The van der Waals surface area contributed by atoms with Crippen LogP contribution in [0.4, 0.5) is 5.69 Å². The van der Waals surface area contributed by atoms with E-state index in [1.54, 1.807) is 19.2 Å². The zero-order valence-corrected chi connectivity index (χ0v) is 12.3. The second kappa shape index (κ2) is 6.68. The van der Waals surface area contributed by atoms with Crippen molar-refractivity contribution in [2.45, 2.75) is 46.1 Å². The highest BCUT2D eigenvalue weighted by Gasteiger charge is 2.16. The second-order valence-electron chi connectivity index (χ2n) is 5.75. The molecule has 1 saturated heterocycles. The Kier molecular flexibility index (Phi) is 4.93. The van der Waals surface area contributed by atoms with Crippen LogP contribution in [0.25, 0.3) is 0 Å². The summed E-state index contributed by atoms with van der Waals surface area (Å²) >= 11 is 0. The lowest BCUT2D eigenvalue weighted by Crippen LogP contribution is -2.34. The van der Waals surface area contributed by atoms with Crippen LogP contribution in [0.3, 0.4) is 0 Å². The summed E-state index contributed by atoms with van der Waals surface area (Å²) in [5, 5.41) is 4.22. The number of ketones is 1. The molecule has 0 atom stereocenters. The van der Waals surface area contributed by atoms with E-state index in [1.165, 1.54) is 17.5 Å². The molecule has 0 amide bonds. The fourth-order valence-corrected chi connectivity index (χ4v) is 2.51. The molecular weight excluding hydrogens is 254 g/mol. The van der Waals surface area contributed by atoms with E-state index >= 15 is 0 Å². The lowest BCUT2D eigenvalue weighted by molar-refractivity contribution is -0.117. The van der Waals surface area contributed by atoms with Crippen molar-refractivity contribution in [3.05, 3.63) is 22.6 Å². The van der Waals surface area contributed by atoms with Gasteiger partial charge in [0.15, 0.2) is 0 Å². The Morgan fingerprint density at radius 2 is 2.10 bits per heavy atom. The second-order valence-corrected chi connectivity index (χ2v) is 5.75. The van der Waals surface area contributed by atoms with E-state index in [4.69, 9.17) is 0 Å². The predicted octanol–water partition coefficient (Wildman–Crippen LogP) is 1.85. The van der Waals surface area contributed by atoms with Gasteiger partial charge < -0.3 is 9.69 Å². The number of carbonyl (C=O) groups is 1. The van der Waals surface area contributed by atoms with Crippen molar-refractivity contribution in [1.82, 2.24) is 9.78 Å². The first-order valence-electron chi connectivity index (χ1n) is 7.38. The van der Waals surface area contributed by atoms with Gasteiger partial charge in [0, 0.05) is 32.1 Å².